The van der Waals surface area contributed by atoms with Crippen LogP contribution in [-0.2, 0) is 0 Å². The topological polar surface area (TPSA) is 78.7 Å². The van der Waals surface area contributed by atoms with E-state index in [1.165, 1.54) is 21.3 Å². The molecule has 0 aromatic heterocycles. The second kappa shape index (κ2) is 12.2. The molecule has 0 heterocycles. The first-order valence-electron chi connectivity index (χ1n) is 11.5. The number of benzene rings is 4. The molecule has 4 aromatic rings. The molecule has 0 bridgehead atoms. The minimum atomic E-state index is -0.555. The third kappa shape index (κ3) is 6.21. The van der Waals surface area contributed by atoms with Crippen LogP contribution in [-0.4, -0.2) is 39.2 Å². The van der Waals surface area contributed by atoms with E-state index in [4.69, 9.17) is 18.9 Å². The molecule has 0 spiro atoms. The maximum absolute atomic E-state index is 12.7. The van der Waals surface area contributed by atoms with Crippen molar-refractivity contribution in [1.29, 1.82) is 0 Å². The normalized spacial score (nSPS) is 10.6. The minimum absolute atomic E-state index is 0.267. The maximum atomic E-state index is 12.7. The Morgan fingerprint density at radius 1 is 0.676 bits per heavy atom. The van der Waals surface area contributed by atoms with Crippen molar-refractivity contribution in [3.63, 3.8) is 0 Å². The van der Waals surface area contributed by atoms with E-state index in [0.717, 1.165) is 22.4 Å². The van der Waals surface area contributed by atoms with Gasteiger partial charge in [0.05, 0.1) is 33.1 Å². The van der Waals surface area contributed by atoms with Crippen molar-refractivity contribution in [2.75, 3.05) is 21.3 Å². The van der Waals surface area contributed by atoms with Crippen LogP contribution in [0.15, 0.2) is 107 Å². The Balaban J connectivity index is 1.49. The van der Waals surface area contributed by atoms with Gasteiger partial charge in [-0.25, -0.2) is 4.79 Å². The van der Waals surface area contributed by atoms with Gasteiger partial charge in [0.1, 0.15) is 11.5 Å². The highest BCUT2D eigenvalue weighted by atomic mass is 16.5. The number of carbonyl (C=O) groups is 1. The number of rotatable bonds is 9. The standard InChI is InChI=1S/C30H26N2O5/c1-34-26-18-24(19-27(35-2)29(26)36-3)30(33)37-25-16-14-21(15-17-25)20-31-32-28(22-10-6-4-7-11-22)23-12-8-5-9-13-23/h4-20H,1-3H3. The molecular formula is C30H26N2O5. The summed E-state index contributed by atoms with van der Waals surface area (Å²) in [4.78, 5) is 12.7. The molecule has 0 amide bonds. The maximum Gasteiger partial charge on any atom is 0.343 e. The van der Waals surface area contributed by atoms with Crippen LogP contribution in [0, 0.1) is 0 Å². The molecular weight excluding hydrogens is 468 g/mol. The van der Waals surface area contributed by atoms with Gasteiger partial charge in [0.25, 0.3) is 0 Å². The van der Waals surface area contributed by atoms with Crippen LogP contribution in [0.4, 0.5) is 0 Å². The smallest absolute Gasteiger partial charge is 0.343 e. The fourth-order valence-corrected chi connectivity index (χ4v) is 3.61. The fourth-order valence-electron chi connectivity index (χ4n) is 3.61. The van der Waals surface area contributed by atoms with Crippen LogP contribution >= 0.6 is 0 Å². The van der Waals surface area contributed by atoms with Crippen molar-refractivity contribution < 1.29 is 23.7 Å². The molecule has 0 saturated heterocycles. The Bertz CT molecular complexity index is 1330. The zero-order valence-corrected chi connectivity index (χ0v) is 20.8. The molecule has 4 rings (SSSR count). The molecule has 0 aliphatic rings. The summed E-state index contributed by atoms with van der Waals surface area (Å²) < 4.78 is 21.4. The highest BCUT2D eigenvalue weighted by molar-refractivity contribution is 6.13. The lowest BCUT2D eigenvalue weighted by Gasteiger charge is -2.13. The van der Waals surface area contributed by atoms with Gasteiger partial charge in [0, 0.05) is 11.1 Å². The number of hydrogen-bond acceptors (Lipinski definition) is 7. The summed E-state index contributed by atoms with van der Waals surface area (Å²) in [5, 5.41) is 8.79. The zero-order chi connectivity index (χ0) is 26.0. The molecule has 0 aliphatic carbocycles. The van der Waals surface area contributed by atoms with E-state index >= 15 is 0 Å². The highest BCUT2D eigenvalue weighted by Gasteiger charge is 2.18. The molecule has 7 heteroatoms. The lowest BCUT2D eigenvalue weighted by molar-refractivity contribution is 0.0734. The average Bonchev–Trinajstić information content (AvgIpc) is 2.96. The summed E-state index contributed by atoms with van der Waals surface area (Å²) in [5.74, 6) is 0.961. The lowest BCUT2D eigenvalue weighted by Crippen LogP contribution is -2.09. The molecule has 0 fully saturated rings. The Labute approximate surface area is 215 Å². The second-order valence-electron chi connectivity index (χ2n) is 7.80. The molecule has 7 nitrogen and oxygen atoms in total. The van der Waals surface area contributed by atoms with E-state index in [0.29, 0.717) is 23.0 Å². The van der Waals surface area contributed by atoms with Gasteiger partial charge in [-0.3, -0.25) is 0 Å². The molecule has 0 radical (unpaired) electrons. The van der Waals surface area contributed by atoms with Gasteiger partial charge >= 0.3 is 5.97 Å². The van der Waals surface area contributed by atoms with E-state index in [1.807, 2.05) is 60.7 Å². The summed E-state index contributed by atoms with van der Waals surface area (Å²) in [5.41, 5.74) is 3.79. The highest BCUT2D eigenvalue weighted by Crippen LogP contribution is 2.38. The van der Waals surface area contributed by atoms with Crippen LogP contribution in [0.5, 0.6) is 23.0 Å². The Hall–Kier alpha value is -4.91. The van der Waals surface area contributed by atoms with Crippen molar-refractivity contribution in [2.45, 2.75) is 0 Å². The van der Waals surface area contributed by atoms with E-state index in [1.54, 1.807) is 42.6 Å². The first kappa shape index (κ1) is 25.2. The predicted octanol–water partition coefficient (Wildman–Crippen LogP) is 5.80. The van der Waals surface area contributed by atoms with Crippen LogP contribution in [0.25, 0.3) is 0 Å². The van der Waals surface area contributed by atoms with E-state index in [9.17, 15) is 4.79 Å². The van der Waals surface area contributed by atoms with Crippen LogP contribution in [0.1, 0.15) is 27.0 Å². The number of nitrogens with zero attached hydrogens (tertiary/aromatic N) is 2. The third-order valence-corrected chi connectivity index (χ3v) is 5.45. The first-order valence-corrected chi connectivity index (χ1v) is 11.5. The lowest BCUT2D eigenvalue weighted by atomic mass is 10.0. The molecule has 0 N–H and O–H groups in total. The summed E-state index contributed by atoms with van der Waals surface area (Å²) >= 11 is 0. The summed E-state index contributed by atoms with van der Waals surface area (Å²) in [7, 11) is 4.47. The molecule has 186 valence electrons. The summed E-state index contributed by atoms with van der Waals surface area (Å²) in [6.45, 7) is 0. The van der Waals surface area contributed by atoms with Crippen molar-refractivity contribution in [3.05, 3.63) is 119 Å². The minimum Gasteiger partial charge on any atom is -0.493 e. The van der Waals surface area contributed by atoms with E-state index < -0.39 is 5.97 Å². The van der Waals surface area contributed by atoms with Gasteiger partial charge in [-0.1, -0.05) is 60.7 Å². The fraction of sp³-hybridized carbons (Fsp3) is 0.100. The van der Waals surface area contributed by atoms with Crippen LogP contribution < -0.4 is 18.9 Å². The van der Waals surface area contributed by atoms with Gasteiger partial charge in [0.15, 0.2) is 11.5 Å². The largest absolute Gasteiger partial charge is 0.493 e. The van der Waals surface area contributed by atoms with Crippen molar-refractivity contribution in [2.24, 2.45) is 10.2 Å². The Morgan fingerprint density at radius 2 is 1.22 bits per heavy atom. The zero-order valence-electron chi connectivity index (χ0n) is 20.8. The second-order valence-corrected chi connectivity index (χ2v) is 7.80. The summed E-state index contributed by atoms with van der Waals surface area (Å²) in [6, 6.07) is 29.8. The average molecular weight is 495 g/mol. The molecule has 0 aliphatic heterocycles. The monoisotopic (exact) mass is 494 g/mol. The Morgan fingerprint density at radius 3 is 1.70 bits per heavy atom. The van der Waals surface area contributed by atoms with Crippen LogP contribution in [0.3, 0.4) is 0 Å². The number of hydrogen-bond donors (Lipinski definition) is 0. The molecule has 37 heavy (non-hydrogen) atoms. The number of ether oxygens (including phenoxy) is 4. The SMILES string of the molecule is COc1cc(C(=O)Oc2ccc(C=NN=C(c3ccccc3)c3ccccc3)cc2)cc(OC)c1OC. The molecule has 0 saturated carbocycles. The predicted molar refractivity (Wildman–Crippen MR) is 144 cm³/mol. The first-order chi connectivity index (χ1) is 18.1. The van der Waals surface area contributed by atoms with Gasteiger partial charge in [-0.2, -0.15) is 5.10 Å². The number of carbonyl (C=O) groups excluding carboxylic acids is 1. The van der Waals surface area contributed by atoms with Gasteiger partial charge in [-0.15, -0.1) is 5.10 Å². The molecule has 0 unspecified atom stereocenters. The number of esters is 1. The quantitative estimate of drug-likeness (QED) is 0.127. The number of methoxy groups -OCH3 is 3. The third-order valence-electron chi connectivity index (χ3n) is 5.45. The molecule has 0 atom stereocenters. The van der Waals surface area contributed by atoms with E-state index in [2.05, 4.69) is 10.2 Å². The summed E-state index contributed by atoms with van der Waals surface area (Å²) in [6.07, 6.45) is 1.65. The van der Waals surface area contributed by atoms with E-state index in [-0.39, 0.29) is 5.56 Å². The Kier molecular flexibility index (Phi) is 8.29. The van der Waals surface area contributed by atoms with Crippen molar-refractivity contribution in [3.8, 4) is 23.0 Å². The van der Waals surface area contributed by atoms with Crippen LogP contribution in [0.2, 0.25) is 0 Å². The van der Waals surface area contributed by atoms with Crippen molar-refractivity contribution in [1.82, 2.24) is 0 Å². The molecule has 4 aromatic carbocycles. The van der Waals surface area contributed by atoms with Gasteiger partial charge in [-0.05, 0) is 42.0 Å². The van der Waals surface area contributed by atoms with Gasteiger partial charge < -0.3 is 18.9 Å². The van der Waals surface area contributed by atoms with Gasteiger partial charge in [0.2, 0.25) is 5.75 Å². The van der Waals surface area contributed by atoms with Crippen molar-refractivity contribution >= 4 is 17.9 Å².